The summed E-state index contributed by atoms with van der Waals surface area (Å²) in [7, 11) is 0. The van der Waals surface area contributed by atoms with Crippen molar-refractivity contribution in [3.05, 3.63) is 0 Å². The zero-order chi connectivity index (χ0) is 0. The second-order valence-electron chi connectivity index (χ2n) is 0. The number of rotatable bonds is 0. The SMILES string of the molecule is [Ce].[H-].[H-].[H-].[Li+].[Mg+2].[Si]. The predicted octanol–water partition coefficient (Wildman–Crippen LogP) is -3.42. The zero-order valence-corrected chi connectivity index (χ0v) is 8.26. The van der Waals surface area contributed by atoms with Gasteiger partial charge in [-0.3, -0.25) is 0 Å². The van der Waals surface area contributed by atoms with Crippen molar-refractivity contribution < 1.29 is 64.9 Å². The van der Waals surface area contributed by atoms with Crippen LogP contribution in [0.25, 0.3) is 0 Å². The molecule has 4 heteroatoms. The first-order chi connectivity index (χ1) is 0. The van der Waals surface area contributed by atoms with Crippen LogP contribution in [0.1, 0.15) is 4.28 Å². The zero-order valence-electron chi connectivity index (χ0n) is 5.71. The van der Waals surface area contributed by atoms with Crippen LogP contribution in [0, 0.1) is 41.7 Å². The van der Waals surface area contributed by atoms with Crippen LogP contribution in [0.3, 0.4) is 0 Å². The molecule has 0 rings (SSSR count). The van der Waals surface area contributed by atoms with Gasteiger partial charge >= 0.3 is 41.9 Å². The first-order valence-electron chi connectivity index (χ1n) is 0. The van der Waals surface area contributed by atoms with Crippen molar-refractivity contribution in [2.45, 2.75) is 0 Å². The van der Waals surface area contributed by atoms with Crippen molar-refractivity contribution in [1.82, 2.24) is 0 Å². The number of hydrogen-bond acceptors (Lipinski definition) is 0. The third-order valence-corrected chi connectivity index (χ3v) is 0. The molecule has 0 bridgehead atoms. The average molecular weight is 202 g/mol. The van der Waals surface area contributed by atoms with E-state index in [0.717, 1.165) is 0 Å². The van der Waals surface area contributed by atoms with Crippen molar-refractivity contribution in [2.75, 3.05) is 0 Å². The minimum atomic E-state index is 0. The summed E-state index contributed by atoms with van der Waals surface area (Å²) in [5.41, 5.74) is 0. The Hall–Kier alpha value is 2.96. The fraction of sp³-hybridized carbons (Fsp3) is 0. The summed E-state index contributed by atoms with van der Waals surface area (Å²) in [6.45, 7) is 0. The molecule has 0 fully saturated rings. The van der Waals surface area contributed by atoms with Crippen LogP contribution in [0.5, 0.6) is 0 Å². The molecule has 14 valence electrons. The Morgan fingerprint density at radius 2 is 1.25 bits per heavy atom. The number of hydrogen-bond donors (Lipinski definition) is 0. The monoisotopic (exact) mass is 202 g/mol. The van der Waals surface area contributed by atoms with Crippen molar-refractivity contribution in [3.63, 3.8) is 0 Å². The maximum atomic E-state index is 0. The Morgan fingerprint density at radius 1 is 1.25 bits per heavy atom. The van der Waals surface area contributed by atoms with Crippen LogP contribution in [0.4, 0.5) is 0 Å². The maximum absolute atomic E-state index is 0. The van der Waals surface area contributed by atoms with Crippen molar-refractivity contribution in [3.8, 4) is 0 Å². The molecule has 0 spiro atoms. The van der Waals surface area contributed by atoms with Gasteiger partial charge < -0.3 is 4.28 Å². The van der Waals surface area contributed by atoms with E-state index in [1.165, 1.54) is 0 Å². The molecule has 0 aromatic carbocycles. The third kappa shape index (κ3) is 8.88. The molecule has 0 atom stereocenters. The summed E-state index contributed by atoms with van der Waals surface area (Å²) in [6, 6.07) is 0. The molecule has 0 unspecified atom stereocenters. The molecule has 0 aliphatic heterocycles. The van der Waals surface area contributed by atoms with Crippen LogP contribution in [0.15, 0.2) is 0 Å². The second kappa shape index (κ2) is 16.7. The Morgan fingerprint density at radius 3 is 1.25 bits per heavy atom. The average Bonchev–Trinajstić information content (AvgIpc) is 0. The molecule has 0 aliphatic rings. The van der Waals surface area contributed by atoms with Crippen molar-refractivity contribution >= 4 is 34.0 Å². The van der Waals surface area contributed by atoms with Crippen LogP contribution in [-0.2, 0) is 0 Å². The van der Waals surface area contributed by atoms with Gasteiger partial charge in [-0.2, -0.15) is 0 Å². The normalized spacial score (nSPS) is 0. The molecule has 4 radical (unpaired) electrons. The second-order valence-corrected chi connectivity index (χ2v) is 0. The molecule has 0 heterocycles. The quantitative estimate of drug-likeness (QED) is 0.359. The third-order valence-electron chi connectivity index (χ3n) is 0. The predicted molar refractivity (Wildman–Crippen MR) is 14.8 cm³/mol. The molecule has 0 aromatic rings. The molecule has 0 nitrogen and oxygen atoms in total. The van der Waals surface area contributed by atoms with Crippen LogP contribution >= 0.6 is 0 Å². The van der Waals surface area contributed by atoms with Crippen LogP contribution in [-0.4, -0.2) is 34.0 Å². The van der Waals surface area contributed by atoms with Gasteiger partial charge in [-0.05, 0) is 0 Å². The molecular weight excluding hydrogens is 199 g/mol. The van der Waals surface area contributed by atoms with E-state index >= 15 is 0 Å². The Labute approximate surface area is 97.0 Å². The largest absolute Gasteiger partial charge is 2.00 e. The van der Waals surface area contributed by atoms with E-state index in [9.17, 15) is 0 Å². The Balaban J connectivity index is 0. The molecule has 0 aromatic heterocycles. The van der Waals surface area contributed by atoms with Gasteiger partial charge in [-0.1, -0.05) is 0 Å². The standard InChI is InChI=1S/Ce.Li.Mg.Si.3H/q;+1;+2;;3*-1. The van der Waals surface area contributed by atoms with E-state index in [2.05, 4.69) is 0 Å². The summed E-state index contributed by atoms with van der Waals surface area (Å²) in [6.07, 6.45) is 0. The van der Waals surface area contributed by atoms with Gasteiger partial charge in [-0.25, -0.2) is 0 Å². The van der Waals surface area contributed by atoms with Gasteiger partial charge in [0.1, 0.15) is 0 Å². The molecular formula is H3CeLiMgSi. The summed E-state index contributed by atoms with van der Waals surface area (Å²) in [5, 5.41) is 0. The summed E-state index contributed by atoms with van der Waals surface area (Å²) in [4.78, 5) is 0. The first kappa shape index (κ1) is 28.2. The Kier molecular flexibility index (Phi) is 118. The van der Waals surface area contributed by atoms with Gasteiger partial charge in [-0.15, -0.1) is 0 Å². The molecule has 0 saturated carbocycles. The minimum absolute atomic E-state index is 0. The van der Waals surface area contributed by atoms with Gasteiger partial charge in [0, 0.05) is 52.7 Å². The fourth-order valence-corrected chi connectivity index (χ4v) is 0. The van der Waals surface area contributed by atoms with Gasteiger partial charge in [0.05, 0.1) is 0 Å². The fourth-order valence-electron chi connectivity index (χ4n) is 0. The first-order valence-corrected chi connectivity index (χ1v) is 0. The van der Waals surface area contributed by atoms with Crippen LogP contribution < -0.4 is 18.9 Å². The van der Waals surface area contributed by atoms with E-state index < -0.39 is 0 Å². The summed E-state index contributed by atoms with van der Waals surface area (Å²) in [5.74, 6) is 0. The van der Waals surface area contributed by atoms with Crippen molar-refractivity contribution in [2.24, 2.45) is 0 Å². The summed E-state index contributed by atoms with van der Waals surface area (Å²) >= 11 is 0. The van der Waals surface area contributed by atoms with Gasteiger partial charge in [0.2, 0.25) is 0 Å². The smallest absolute Gasteiger partial charge is 1.00 e. The van der Waals surface area contributed by atoms with E-state index in [1.807, 2.05) is 0 Å². The van der Waals surface area contributed by atoms with E-state index in [1.54, 1.807) is 0 Å². The van der Waals surface area contributed by atoms with Crippen molar-refractivity contribution in [1.29, 1.82) is 0 Å². The molecule has 0 saturated heterocycles. The Bertz CT molecular complexity index is 14.9. The van der Waals surface area contributed by atoms with Gasteiger partial charge in [0.25, 0.3) is 0 Å². The molecule has 0 aliphatic carbocycles. The molecule has 0 N–H and O–H groups in total. The topological polar surface area (TPSA) is 0 Å². The van der Waals surface area contributed by atoms with E-state index in [4.69, 9.17) is 0 Å². The maximum Gasteiger partial charge on any atom is 2.00 e. The van der Waals surface area contributed by atoms with Crippen LogP contribution in [0.2, 0.25) is 0 Å². The summed E-state index contributed by atoms with van der Waals surface area (Å²) < 4.78 is 0. The minimum Gasteiger partial charge on any atom is -1.00 e. The van der Waals surface area contributed by atoms with E-state index in [-0.39, 0.29) is 98.9 Å². The molecule has 0 amide bonds. The van der Waals surface area contributed by atoms with Gasteiger partial charge in [0.15, 0.2) is 0 Å². The van der Waals surface area contributed by atoms with E-state index in [0.29, 0.717) is 0 Å². The molecule has 4 heavy (non-hydrogen) atoms.